The summed E-state index contributed by atoms with van der Waals surface area (Å²) < 4.78 is 5.52. The second kappa shape index (κ2) is 8.44. The number of fused-ring (bicyclic) bond motifs is 2. The van der Waals surface area contributed by atoms with Gasteiger partial charge in [0.15, 0.2) is 6.61 Å². The second-order valence-electron chi connectivity index (χ2n) is 8.79. The summed E-state index contributed by atoms with van der Waals surface area (Å²) in [5.41, 5.74) is 0.486. The number of carbonyl (C=O) groups excluding carboxylic acids is 1. The lowest BCUT2D eigenvalue weighted by Crippen LogP contribution is -2.37. The van der Waals surface area contributed by atoms with Crippen LogP contribution in [0.5, 0.6) is 5.88 Å². The number of H-pyrrole nitrogens is 1. The van der Waals surface area contributed by atoms with Crippen molar-refractivity contribution in [2.24, 2.45) is 17.8 Å². The summed E-state index contributed by atoms with van der Waals surface area (Å²) in [5.74, 6) is 2.83. The molecular formula is C21H31N3O3. The minimum Gasteiger partial charge on any atom is -0.467 e. The molecule has 3 aliphatic rings. The summed E-state index contributed by atoms with van der Waals surface area (Å²) in [6.45, 7) is 0.658. The van der Waals surface area contributed by atoms with Crippen molar-refractivity contribution in [3.05, 3.63) is 22.2 Å². The van der Waals surface area contributed by atoms with Gasteiger partial charge in [-0.15, -0.1) is 0 Å². The molecule has 1 amide bonds. The lowest BCUT2D eigenvalue weighted by molar-refractivity contribution is -0.123. The Labute approximate surface area is 160 Å². The van der Waals surface area contributed by atoms with Crippen molar-refractivity contribution in [1.29, 1.82) is 0 Å². The van der Waals surface area contributed by atoms with E-state index in [2.05, 4.69) is 15.3 Å². The maximum atomic E-state index is 12.2. The fraction of sp³-hybridized carbons (Fsp3) is 0.762. The number of aromatic amines is 1. The largest absolute Gasteiger partial charge is 0.467 e. The Morgan fingerprint density at radius 3 is 2.59 bits per heavy atom. The number of ether oxygens (including phenoxy) is 1. The average molecular weight is 373 g/mol. The molecule has 148 valence electrons. The van der Waals surface area contributed by atoms with E-state index in [1.807, 2.05) is 0 Å². The minimum absolute atomic E-state index is 0.0832. The highest BCUT2D eigenvalue weighted by molar-refractivity contribution is 5.77. The van der Waals surface area contributed by atoms with Crippen LogP contribution in [0, 0.1) is 17.8 Å². The van der Waals surface area contributed by atoms with Gasteiger partial charge in [-0.1, -0.05) is 32.1 Å². The Bertz CT molecular complexity index is 699. The van der Waals surface area contributed by atoms with Crippen molar-refractivity contribution in [1.82, 2.24) is 15.3 Å². The van der Waals surface area contributed by atoms with E-state index < -0.39 is 5.69 Å². The molecule has 3 aliphatic carbocycles. The van der Waals surface area contributed by atoms with Crippen molar-refractivity contribution < 1.29 is 9.53 Å². The summed E-state index contributed by atoms with van der Waals surface area (Å²) in [4.78, 5) is 30.6. The Kier molecular flexibility index (Phi) is 5.79. The average Bonchev–Trinajstić information content (AvgIpc) is 3.19. The molecule has 1 aromatic rings. The van der Waals surface area contributed by atoms with Gasteiger partial charge in [-0.3, -0.25) is 4.79 Å². The molecule has 0 radical (unpaired) electrons. The van der Waals surface area contributed by atoms with Crippen LogP contribution >= 0.6 is 0 Å². The van der Waals surface area contributed by atoms with E-state index in [1.165, 1.54) is 51.4 Å². The van der Waals surface area contributed by atoms with Gasteiger partial charge in [0, 0.05) is 18.3 Å². The third-order valence-electron chi connectivity index (χ3n) is 6.70. The molecule has 0 aromatic carbocycles. The maximum Gasteiger partial charge on any atom is 0.348 e. The molecule has 6 nitrogen and oxygen atoms in total. The summed E-state index contributed by atoms with van der Waals surface area (Å²) in [6, 6.07) is 1.78. The molecule has 4 rings (SSSR count). The summed E-state index contributed by atoms with van der Waals surface area (Å²) in [6.07, 6.45) is 12.6. The van der Waals surface area contributed by atoms with Crippen LogP contribution in [0.1, 0.15) is 75.8 Å². The van der Waals surface area contributed by atoms with Crippen molar-refractivity contribution in [2.75, 3.05) is 13.2 Å². The lowest BCUT2D eigenvalue weighted by atomic mass is 9.68. The summed E-state index contributed by atoms with van der Waals surface area (Å²) >= 11 is 0. The van der Waals surface area contributed by atoms with Crippen molar-refractivity contribution >= 4 is 5.91 Å². The molecule has 3 fully saturated rings. The highest BCUT2D eigenvalue weighted by Gasteiger charge is 2.31. The molecule has 0 aliphatic heterocycles. The van der Waals surface area contributed by atoms with E-state index in [9.17, 15) is 9.59 Å². The van der Waals surface area contributed by atoms with Crippen LogP contribution in [-0.2, 0) is 4.79 Å². The molecule has 6 heteroatoms. The second-order valence-corrected chi connectivity index (χ2v) is 8.79. The number of amides is 1. The standard InChI is InChI=1S/C21H31N3O3/c25-19(22-12-16-9-14-4-3-5-15(8-14)10-16)13-27-20-11-18(23-21(26)24-20)17-6-1-2-7-17/h11,14-17H,1-10,12-13H2,(H,22,25)(H,23,24,26). The zero-order valence-electron chi connectivity index (χ0n) is 16.0. The first-order valence-electron chi connectivity index (χ1n) is 10.7. The third kappa shape index (κ3) is 4.90. The van der Waals surface area contributed by atoms with Crippen LogP contribution in [-0.4, -0.2) is 29.0 Å². The summed E-state index contributed by atoms with van der Waals surface area (Å²) in [7, 11) is 0. The smallest absolute Gasteiger partial charge is 0.348 e. The monoisotopic (exact) mass is 373 g/mol. The fourth-order valence-corrected chi connectivity index (χ4v) is 5.47. The highest BCUT2D eigenvalue weighted by Crippen LogP contribution is 2.42. The quantitative estimate of drug-likeness (QED) is 0.802. The molecule has 3 saturated carbocycles. The van der Waals surface area contributed by atoms with Gasteiger partial charge >= 0.3 is 5.69 Å². The molecule has 2 unspecified atom stereocenters. The number of aromatic nitrogens is 2. The molecule has 0 spiro atoms. The van der Waals surface area contributed by atoms with E-state index in [-0.39, 0.29) is 18.4 Å². The predicted molar refractivity (Wildman–Crippen MR) is 103 cm³/mol. The van der Waals surface area contributed by atoms with Crippen LogP contribution in [0.25, 0.3) is 0 Å². The van der Waals surface area contributed by atoms with E-state index in [1.54, 1.807) is 6.07 Å². The molecule has 1 heterocycles. The molecule has 0 saturated heterocycles. The Hall–Kier alpha value is -1.85. The molecular weight excluding hydrogens is 342 g/mol. The number of hydrogen-bond donors (Lipinski definition) is 2. The molecule has 2 atom stereocenters. The normalized spacial score (nSPS) is 28.1. The van der Waals surface area contributed by atoms with Crippen LogP contribution in [0.3, 0.4) is 0 Å². The van der Waals surface area contributed by atoms with Crippen molar-refractivity contribution in [3.8, 4) is 5.88 Å². The van der Waals surface area contributed by atoms with Gasteiger partial charge in [-0.05, 0) is 55.8 Å². The van der Waals surface area contributed by atoms with Gasteiger partial charge in [0.25, 0.3) is 5.91 Å². The SMILES string of the molecule is O=C(COc1cc(C2CCCC2)[nH]c(=O)n1)NCC1CC2CCCC(C2)C1. The minimum atomic E-state index is -0.399. The first-order chi connectivity index (χ1) is 13.2. The van der Waals surface area contributed by atoms with Crippen LogP contribution in [0.15, 0.2) is 10.9 Å². The van der Waals surface area contributed by atoms with Gasteiger partial charge in [0.2, 0.25) is 5.88 Å². The number of nitrogens with one attached hydrogen (secondary N) is 2. The number of nitrogens with zero attached hydrogens (tertiary/aromatic N) is 1. The van der Waals surface area contributed by atoms with Crippen LogP contribution < -0.4 is 15.7 Å². The Morgan fingerprint density at radius 1 is 1.11 bits per heavy atom. The van der Waals surface area contributed by atoms with Gasteiger partial charge < -0.3 is 15.0 Å². The van der Waals surface area contributed by atoms with Gasteiger partial charge in [0.05, 0.1) is 0 Å². The van der Waals surface area contributed by atoms with E-state index in [0.29, 0.717) is 11.8 Å². The number of carbonyl (C=O) groups is 1. The predicted octanol–water partition coefficient (Wildman–Crippen LogP) is 3.14. The van der Waals surface area contributed by atoms with Gasteiger partial charge in [0.1, 0.15) is 0 Å². The third-order valence-corrected chi connectivity index (χ3v) is 6.70. The van der Waals surface area contributed by atoms with E-state index in [0.717, 1.165) is 36.9 Å². The lowest BCUT2D eigenvalue weighted by Gasteiger charge is -2.39. The maximum absolute atomic E-state index is 12.2. The van der Waals surface area contributed by atoms with Crippen molar-refractivity contribution in [2.45, 2.75) is 70.1 Å². The van der Waals surface area contributed by atoms with Crippen LogP contribution in [0.4, 0.5) is 0 Å². The number of hydrogen-bond acceptors (Lipinski definition) is 4. The van der Waals surface area contributed by atoms with Crippen molar-refractivity contribution in [3.63, 3.8) is 0 Å². The molecule has 27 heavy (non-hydrogen) atoms. The van der Waals surface area contributed by atoms with Gasteiger partial charge in [-0.25, -0.2) is 4.79 Å². The zero-order valence-corrected chi connectivity index (χ0v) is 16.0. The molecule has 2 N–H and O–H groups in total. The Morgan fingerprint density at radius 2 is 1.85 bits per heavy atom. The summed E-state index contributed by atoms with van der Waals surface area (Å²) in [5, 5.41) is 3.02. The molecule has 1 aromatic heterocycles. The zero-order chi connectivity index (χ0) is 18.6. The molecule has 2 bridgehead atoms. The highest BCUT2D eigenvalue weighted by atomic mass is 16.5. The first kappa shape index (κ1) is 18.5. The Balaban J connectivity index is 1.25. The fourth-order valence-electron chi connectivity index (χ4n) is 5.47. The van der Waals surface area contributed by atoms with Gasteiger partial charge in [-0.2, -0.15) is 4.98 Å². The van der Waals surface area contributed by atoms with E-state index >= 15 is 0 Å². The van der Waals surface area contributed by atoms with Crippen LogP contribution in [0.2, 0.25) is 0 Å². The first-order valence-corrected chi connectivity index (χ1v) is 10.7. The topological polar surface area (TPSA) is 84.1 Å². The number of rotatable bonds is 6. The van der Waals surface area contributed by atoms with E-state index in [4.69, 9.17) is 4.74 Å².